The standard InChI is InChI=1S/C17H22N4O/c1-21(2)15-8-4-6-13(10-15)12-19-17(18)20-14-7-5-9-16(11-14)22-3/h4-11H,12H2,1-3H3,(H3,18,19,20). The van der Waals surface area contributed by atoms with Crippen molar-refractivity contribution in [2.75, 3.05) is 31.4 Å². The third-order valence-electron chi connectivity index (χ3n) is 3.20. The quantitative estimate of drug-likeness (QED) is 0.658. The maximum atomic E-state index is 5.93. The van der Waals surface area contributed by atoms with Crippen LogP contribution < -0.4 is 20.7 Å². The van der Waals surface area contributed by atoms with Gasteiger partial charge in [0.05, 0.1) is 13.7 Å². The van der Waals surface area contributed by atoms with Gasteiger partial charge in [0, 0.05) is 31.5 Å². The van der Waals surface area contributed by atoms with Gasteiger partial charge >= 0.3 is 0 Å². The van der Waals surface area contributed by atoms with Crippen molar-refractivity contribution in [3.8, 4) is 5.75 Å². The highest BCUT2D eigenvalue weighted by atomic mass is 16.5. The molecule has 0 aliphatic carbocycles. The van der Waals surface area contributed by atoms with Gasteiger partial charge in [-0.1, -0.05) is 18.2 Å². The van der Waals surface area contributed by atoms with E-state index in [9.17, 15) is 0 Å². The molecule has 3 N–H and O–H groups in total. The lowest BCUT2D eigenvalue weighted by Gasteiger charge is -2.13. The van der Waals surface area contributed by atoms with Crippen LogP contribution in [0.2, 0.25) is 0 Å². The molecule has 0 amide bonds. The van der Waals surface area contributed by atoms with E-state index in [0.717, 1.165) is 22.7 Å². The summed E-state index contributed by atoms with van der Waals surface area (Å²) in [5.74, 6) is 1.15. The smallest absolute Gasteiger partial charge is 0.193 e. The first kappa shape index (κ1) is 15.7. The number of hydrogen-bond donors (Lipinski definition) is 2. The van der Waals surface area contributed by atoms with Gasteiger partial charge in [0.25, 0.3) is 0 Å². The summed E-state index contributed by atoms with van der Waals surface area (Å²) in [6.45, 7) is 0.532. The predicted molar refractivity (Wildman–Crippen MR) is 92.7 cm³/mol. The van der Waals surface area contributed by atoms with Crippen molar-refractivity contribution >= 4 is 17.3 Å². The zero-order chi connectivity index (χ0) is 15.9. The molecule has 0 fully saturated rings. The van der Waals surface area contributed by atoms with Crippen LogP contribution in [0, 0.1) is 0 Å². The van der Waals surface area contributed by atoms with E-state index in [1.54, 1.807) is 7.11 Å². The van der Waals surface area contributed by atoms with Gasteiger partial charge in [-0.15, -0.1) is 0 Å². The van der Waals surface area contributed by atoms with Crippen LogP contribution in [-0.4, -0.2) is 27.2 Å². The van der Waals surface area contributed by atoms with Gasteiger partial charge in [0.15, 0.2) is 5.96 Å². The zero-order valence-corrected chi connectivity index (χ0v) is 13.2. The molecule has 0 bridgehead atoms. The van der Waals surface area contributed by atoms with Gasteiger partial charge in [-0.2, -0.15) is 0 Å². The monoisotopic (exact) mass is 298 g/mol. The van der Waals surface area contributed by atoms with Crippen LogP contribution in [0.5, 0.6) is 5.75 Å². The first-order chi connectivity index (χ1) is 10.6. The number of rotatable bonds is 5. The maximum Gasteiger partial charge on any atom is 0.193 e. The number of aliphatic imine (C=N–C) groups is 1. The van der Waals surface area contributed by atoms with Crippen molar-refractivity contribution in [1.29, 1.82) is 0 Å². The number of anilines is 2. The number of nitrogens with zero attached hydrogens (tertiary/aromatic N) is 2. The van der Waals surface area contributed by atoms with Crippen LogP contribution in [0.1, 0.15) is 5.56 Å². The fourth-order valence-electron chi connectivity index (χ4n) is 2.00. The SMILES string of the molecule is COc1cccc(NC(N)=NCc2cccc(N(C)C)c2)c1. The van der Waals surface area contributed by atoms with Gasteiger partial charge in [0.1, 0.15) is 5.75 Å². The molecule has 0 saturated carbocycles. The second-order valence-corrected chi connectivity index (χ2v) is 5.12. The summed E-state index contributed by atoms with van der Waals surface area (Å²) in [7, 11) is 5.66. The molecule has 2 rings (SSSR count). The summed E-state index contributed by atoms with van der Waals surface area (Å²) >= 11 is 0. The van der Waals surface area contributed by atoms with Crippen LogP contribution >= 0.6 is 0 Å². The van der Waals surface area contributed by atoms with E-state index in [1.165, 1.54) is 0 Å². The summed E-state index contributed by atoms with van der Waals surface area (Å²) in [4.78, 5) is 6.43. The van der Waals surface area contributed by atoms with E-state index in [-0.39, 0.29) is 0 Å². The number of nitrogens with two attached hydrogens (primary N) is 1. The highest BCUT2D eigenvalue weighted by Crippen LogP contribution is 2.17. The van der Waals surface area contributed by atoms with Crippen LogP contribution in [0.25, 0.3) is 0 Å². The van der Waals surface area contributed by atoms with Crippen molar-refractivity contribution in [3.63, 3.8) is 0 Å². The first-order valence-electron chi connectivity index (χ1n) is 7.06. The van der Waals surface area contributed by atoms with Crippen molar-refractivity contribution < 1.29 is 4.74 Å². The van der Waals surface area contributed by atoms with E-state index < -0.39 is 0 Å². The molecule has 116 valence electrons. The Morgan fingerprint density at radius 3 is 2.68 bits per heavy atom. The second kappa shape index (κ2) is 7.36. The molecule has 2 aromatic carbocycles. The minimum atomic E-state index is 0.378. The van der Waals surface area contributed by atoms with E-state index in [1.807, 2.05) is 50.5 Å². The summed E-state index contributed by atoms with van der Waals surface area (Å²) in [5.41, 5.74) is 9.04. The lowest BCUT2D eigenvalue weighted by molar-refractivity contribution is 0.415. The fraction of sp³-hybridized carbons (Fsp3) is 0.235. The fourth-order valence-corrected chi connectivity index (χ4v) is 2.00. The molecule has 0 unspecified atom stereocenters. The molecular formula is C17H22N4O. The van der Waals surface area contributed by atoms with E-state index in [0.29, 0.717) is 12.5 Å². The molecule has 0 atom stereocenters. The molecule has 5 heteroatoms. The second-order valence-electron chi connectivity index (χ2n) is 5.12. The average molecular weight is 298 g/mol. The van der Waals surface area contributed by atoms with Gasteiger partial charge in [-0.3, -0.25) is 0 Å². The molecule has 0 saturated heterocycles. The summed E-state index contributed by atoms with van der Waals surface area (Å²) < 4.78 is 5.18. The molecule has 0 heterocycles. The number of benzene rings is 2. The Morgan fingerprint density at radius 1 is 1.18 bits per heavy atom. The molecule has 0 aliphatic heterocycles. The maximum absolute atomic E-state index is 5.93. The van der Waals surface area contributed by atoms with Crippen LogP contribution in [0.15, 0.2) is 53.5 Å². The number of hydrogen-bond acceptors (Lipinski definition) is 3. The molecule has 0 aliphatic rings. The predicted octanol–water partition coefficient (Wildman–Crippen LogP) is 2.69. The Balaban J connectivity index is 2.01. The average Bonchev–Trinajstić information content (AvgIpc) is 2.53. The lowest BCUT2D eigenvalue weighted by atomic mass is 10.2. The highest BCUT2D eigenvalue weighted by molar-refractivity contribution is 5.92. The highest BCUT2D eigenvalue weighted by Gasteiger charge is 1.99. The van der Waals surface area contributed by atoms with Crippen molar-refractivity contribution in [1.82, 2.24) is 0 Å². The summed E-state index contributed by atoms with van der Waals surface area (Å²) in [5, 5.41) is 3.06. The van der Waals surface area contributed by atoms with Crippen molar-refractivity contribution in [3.05, 3.63) is 54.1 Å². The number of ether oxygens (including phenoxy) is 1. The Morgan fingerprint density at radius 2 is 1.95 bits per heavy atom. The van der Waals surface area contributed by atoms with Gasteiger partial charge < -0.3 is 20.7 Å². The zero-order valence-electron chi connectivity index (χ0n) is 13.2. The molecule has 5 nitrogen and oxygen atoms in total. The summed E-state index contributed by atoms with van der Waals surface area (Å²) in [6.07, 6.45) is 0. The van der Waals surface area contributed by atoms with E-state index >= 15 is 0 Å². The van der Waals surface area contributed by atoms with Crippen LogP contribution in [0.3, 0.4) is 0 Å². The molecule has 0 spiro atoms. The largest absolute Gasteiger partial charge is 0.497 e. The number of guanidine groups is 1. The van der Waals surface area contributed by atoms with E-state index in [2.05, 4.69) is 27.3 Å². The van der Waals surface area contributed by atoms with Crippen molar-refractivity contribution in [2.45, 2.75) is 6.54 Å². The van der Waals surface area contributed by atoms with Crippen LogP contribution in [-0.2, 0) is 6.54 Å². The Labute approximate surface area is 131 Å². The summed E-state index contributed by atoms with van der Waals surface area (Å²) in [6, 6.07) is 15.8. The van der Waals surface area contributed by atoms with Gasteiger partial charge in [-0.25, -0.2) is 4.99 Å². The molecular weight excluding hydrogens is 276 g/mol. The van der Waals surface area contributed by atoms with Crippen LogP contribution in [0.4, 0.5) is 11.4 Å². The number of methoxy groups -OCH3 is 1. The van der Waals surface area contributed by atoms with E-state index in [4.69, 9.17) is 10.5 Å². The van der Waals surface area contributed by atoms with Crippen molar-refractivity contribution in [2.24, 2.45) is 10.7 Å². The van der Waals surface area contributed by atoms with Gasteiger partial charge in [0.2, 0.25) is 0 Å². The Hall–Kier alpha value is -2.69. The lowest BCUT2D eigenvalue weighted by Crippen LogP contribution is -2.22. The minimum absolute atomic E-state index is 0.378. The Bertz CT molecular complexity index is 653. The molecule has 0 radical (unpaired) electrons. The third-order valence-corrected chi connectivity index (χ3v) is 3.20. The topological polar surface area (TPSA) is 62.9 Å². The molecule has 22 heavy (non-hydrogen) atoms. The van der Waals surface area contributed by atoms with Gasteiger partial charge in [-0.05, 0) is 29.8 Å². The minimum Gasteiger partial charge on any atom is -0.497 e. The molecule has 2 aromatic rings. The number of nitrogens with one attached hydrogen (secondary N) is 1. The third kappa shape index (κ3) is 4.41. The first-order valence-corrected chi connectivity index (χ1v) is 7.06. The normalized spacial score (nSPS) is 11.1. The Kier molecular flexibility index (Phi) is 5.25. The molecule has 0 aromatic heterocycles.